The summed E-state index contributed by atoms with van der Waals surface area (Å²) in [6, 6.07) is 8.63. The number of H-pyrrole nitrogens is 1. The molecule has 0 aliphatic carbocycles. The summed E-state index contributed by atoms with van der Waals surface area (Å²) in [5.41, 5.74) is 2.47. The molecular weight excluding hydrogens is 262 g/mol. The van der Waals surface area contributed by atoms with E-state index in [1.165, 1.54) is 16.5 Å². The highest BCUT2D eigenvalue weighted by atomic mass is 16.1. The van der Waals surface area contributed by atoms with Crippen molar-refractivity contribution in [3.8, 4) is 0 Å². The molecule has 1 fully saturated rings. The van der Waals surface area contributed by atoms with Crippen LogP contribution in [0.2, 0.25) is 0 Å². The molecule has 2 aromatic rings. The molecule has 2 heterocycles. The van der Waals surface area contributed by atoms with Crippen molar-refractivity contribution in [2.24, 2.45) is 0 Å². The number of piperidine rings is 1. The van der Waals surface area contributed by atoms with Crippen molar-refractivity contribution in [2.45, 2.75) is 38.1 Å². The molecule has 1 aliphatic heterocycles. The number of amides is 1. The van der Waals surface area contributed by atoms with Gasteiger partial charge in [-0.3, -0.25) is 4.79 Å². The van der Waals surface area contributed by atoms with Crippen LogP contribution in [0.3, 0.4) is 0 Å². The van der Waals surface area contributed by atoms with Crippen molar-refractivity contribution in [1.82, 2.24) is 15.6 Å². The minimum absolute atomic E-state index is 0.184. The SMILES string of the molecule is O=C(CCCc1c[nH]c2ccccc12)N[C@H]1CCCNC1. The fraction of sp³-hybridized carbons (Fsp3) is 0.471. The first-order valence-electron chi connectivity index (χ1n) is 7.88. The predicted molar refractivity (Wildman–Crippen MR) is 85.3 cm³/mol. The quantitative estimate of drug-likeness (QED) is 0.790. The zero-order valence-electron chi connectivity index (χ0n) is 12.3. The van der Waals surface area contributed by atoms with Gasteiger partial charge in [0.25, 0.3) is 0 Å². The Morgan fingerprint density at radius 3 is 3.10 bits per heavy atom. The van der Waals surface area contributed by atoms with Gasteiger partial charge in [0.05, 0.1) is 0 Å². The van der Waals surface area contributed by atoms with Crippen LogP contribution in [-0.4, -0.2) is 30.0 Å². The lowest BCUT2D eigenvalue weighted by atomic mass is 10.1. The minimum Gasteiger partial charge on any atom is -0.361 e. The van der Waals surface area contributed by atoms with Crippen molar-refractivity contribution in [3.05, 3.63) is 36.0 Å². The number of aryl methyl sites for hydroxylation is 1. The summed E-state index contributed by atoms with van der Waals surface area (Å²) in [4.78, 5) is 15.2. The normalized spacial score (nSPS) is 18.8. The van der Waals surface area contributed by atoms with Crippen LogP contribution in [0.4, 0.5) is 0 Å². The van der Waals surface area contributed by atoms with E-state index in [-0.39, 0.29) is 5.91 Å². The molecule has 4 heteroatoms. The van der Waals surface area contributed by atoms with E-state index < -0.39 is 0 Å². The fourth-order valence-corrected chi connectivity index (χ4v) is 3.05. The molecule has 0 spiro atoms. The summed E-state index contributed by atoms with van der Waals surface area (Å²) in [5.74, 6) is 0.184. The smallest absolute Gasteiger partial charge is 0.220 e. The standard InChI is InChI=1S/C17H23N3O/c21-17(20-14-6-4-10-18-12-14)9-3-5-13-11-19-16-8-2-1-7-15(13)16/h1-2,7-8,11,14,18-19H,3-6,9-10,12H2,(H,20,21)/t14-/m0/s1. The average Bonchev–Trinajstić information content (AvgIpc) is 2.92. The highest BCUT2D eigenvalue weighted by Crippen LogP contribution is 2.19. The third kappa shape index (κ3) is 3.64. The zero-order valence-corrected chi connectivity index (χ0v) is 12.3. The van der Waals surface area contributed by atoms with Crippen molar-refractivity contribution < 1.29 is 4.79 Å². The number of rotatable bonds is 5. The van der Waals surface area contributed by atoms with Crippen LogP contribution >= 0.6 is 0 Å². The largest absolute Gasteiger partial charge is 0.361 e. The van der Waals surface area contributed by atoms with Crippen LogP contribution in [-0.2, 0) is 11.2 Å². The number of aromatic nitrogens is 1. The highest BCUT2D eigenvalue weighted by molar-refractivity contribution is 5.83. The average molecular weight is 285 g/mol. The molecule has 1 aromatic carbocycles. The Morgan fingerprint density at radius 1 is 1.33 bits per heavy atom. The molecule has 1 amide bonds. The van der Waals surface area contributed by atoms with Gasteiger partial charge in [0, 0.05) is 36.1 Å². The Morgan fingerprint density at radius 2 is 2.24 bits per heavy atom. The Hall–Kier alpha value is -1.81. The second kappa shape index (κ2) is 6.76. The van der Waals surface area contributed by atoms with Crippen LogP contribution in [0, 0.1) is 0 Å². The van der Waals surface area contributed by atoms with Crippen LogP contribution < -0.4 is 10.6 Å². The van der Waals surface area contributed by atoms with Gasteiger partial charge in [0.1, 0.15) is 0 Å². The number of hydrogen-bond acceptors (Lipinski definition) is 2. The number of nitrogens with one attached hydrogen (secondary N) is 3. The van der Waals surface area contributed by atoms with E-state index in [9.17, 15) is 4.79 Å². The Bertz CT molecular complexity index is 599. The Labute approximate surface area is 125 Å². The maximum absolute atomic E-state index is 12.0. The van der Waals surface area contributed by atoms with Crippen molar-refractivity contribution >= 4 is 16.8 Å². The van der Waals surface area contributed by atoms with Crippen molar-refractivity contribution in [1.29, 1.82) is 0 Å². The van der Waals surface area contributed by atoms with Crippen molar-refractivity contribution in [2.75, 3.05) is 13.1 Å². The molecule has 3 rings (SSSR count). The number of aromatic amines is 1. The number of carbonyl (C=O) groups is 1. The summed E-state index contributed by atoms with van der Waals surface area (Å²) < 4.78 is 0. The molecule has 112 valence electrons. The molecule has 1 aliphatic rings. The van der Waals surface area contributed by atoms with Gasteiger partial charge in [0.15, 0.2) is 0 Å². The van der Waals surface area contributed by atoms with E-state index in [1.807, 2.05) is 6.07 Å². The third-order valence-electron chi connectivity index (χ3n) is 4.19. The molecule has 1 atom stereocenters. The zero-order chi connectivity index (χ0) is 14.5. The molecule has 1 aromatic heterocycles. The number of benzene rings is 1. The molecule has 3 N–H and O–H groups in total. The summed E-state index contributed by atoms with van der Waals surface area (Å²) >= 11 is 0. The molecule has 0 bridgehead atoms. The van der Waals surface area contributed by atoms with Gasteiger partial charge in [-0.2, -0.15) is 0 Å². The lowest BCUT2D eigenvalue weighted by Gasteiger charge is -2.23. The van der Waals surface area contributed by atoms with E-state index in [4.69, 9.17) is 0 Å². The van der Waals surface area contributed by atoms with E-state index >= 15 is 0 Å². The number of carbonyl (C=O) groups excluding carboxylic acids is 1. The third-order valence-corrected chi connectivity index (χ3v) is 4.19. The molecule has 21 heavy (non-hydrogen) atoms. The fourth-order valence-electron chi connectivity index (χ4n) is 3.05. The first-order valence-corrected chi connectivity index (χ1v) is 7.88. The molecule has 1 saturated heterocycles. The minimum atomic E-state index is 0.184. The number of fused-ring (bicyclic) bond motifs is 1. The van der Waals surface area contributed by atoms with E-state index in [2.05, 4.69) is 40.0 Å². The molecule has 0 saturated carbocycles. The van der Waals surface area contributed by atoms with Crippen LogP contribution in [0.25, 0.3) is 10.9 Å². The summed E-state index contributed by atoms with van der Waals surface area (Å²) in [6.45, 7) is 1.99. The lowest BCUT2D eigenvalue weighted by molar-refractivity contribution is -0.122. The monoisotopic (exact) mass is 285 g/mol. The molecule has 4 nitrogen and oxygen atoms in total. The Balaban J connectivity index is 1.46. The summed E-state index contributed by atoms with van der Waals surface area (Å²) in [7, 11) is 0. The second-order valence-electron chi connectivity index (χ2n) is 5.82. The second-order valence-corrected chi connectivity index (χ2v) is 5.82. The van der Waals surface area contributed by atoms with Crippen molar-refractivity contribution in [3.63, 3.8) is 0 Å². The van der Waals surface area contributed by atoms with Gasteiger partial charge in [-0.25, -0.2) is 0 Å². The topological polar surface area (TPSA) is 56.9 Å². The van der Waals surface area contributed by atoms with Gasteiger partial charge in [0.2, 0.25) is 5.91 Å². The van der Waals surface area contributed by atoms with E-state index in [0.29, 0.717) is 12.5 Å². The van der Waals surface area contributed by atoms with Gasteiger partial charge in [-0.15, -0.1) is 0 Å². The number of para-hydroxylation sites is 1. The molecule has 0 unspecified atom stereocenters. The summed E-state index contributed by atoms with van der Waals surface area (Å²) in [6.07, 6.45) is 6.76. The first-order chi connectivity index (χ1) is 10.3. The van der Waals surface area contributed by atoms with Gasteiger partial charge < -0.3 is 15.6 Å². The summed E-state index contributed by atoms with van der Waals surface area (Å²) in [5, 5.41) is 7.72. The predicted octanol–water partition coefficient (Wildman–Crippen LogP) is 2.36. The van der Waals surface area contributed by atoms with Crippen LogP contribution in [0.15, 0.2) is 30.5 Å². The lowest BCUT2D eigenvalue weighted by Crippen LogP contribution is -2.45. The van der Waals surface area contributed by atoms with Gasteiger partial charge >= 0.3 is 0 Å². The maximum atomic E-state index is 12.0. The van der Waals surface area contributed by atoms with Gasteiger partial charge in [-0.1, -0.05) is 18.2 Å². The molecular formula is C17H23N3O. The maximum Gasteiger partial charge on any atom is 0.220 e. The van der Waals surface area contributed by atoms with E-state index in [0.717, 1.165) is 38.8 Å². The Kier molecular flexibility index (Phi) is 4.55. The van der Waals surface area contributed by atoms with Gasteiger partial charge in [-0.05, 0) is 43.9 Å². The highest BCUT2D eigenvalue weighted by Gasteiger charge is 2.15. The number of hydrogen-bond donors (Lipinski definition) is 3. The first kappa shape index (κ1) is 14.1. The van der Waals surface area contributed by atoms with Crippen LogP contribution in [0.1, 0.15) is 31.2 Å². The molecule has 0 radical (unpaired) electrons. The van der Waals surface area contributed by atoms with Crippen LogP contribution in [0.5, 0.6) is 0 Å². The van der Waals surface area contributed by atoms with E-state index in [1.54, 1.807) is 0 Å².